The van der Waals surface area contributed by atoms with Crippen molar-refractivity contribution < 1.29 is 19.8 Å². The topological polar surface area (TPSA) is 81.1 Å². The van der Waals surface area contributed by atoms with E-state index in [1.807, 2.05) is 20.8 Å². The largest absolute Gasteiger partial charge is 0.508 e. The molecule has 1 saturated heterocycles. The molecular formula is C16H22N2O4. The summed E-state index contributed by atoms with van der Waals surface area (Å²) in [7, 11) is 0. The molecule has 1 aromatic rings. The number of phenolic OH excluding ortho intramolecular Hbond substituents is 1. The van der Waals surface area contributed by atoms with E-state index >= 15 is 0 Å². The number of carboxylic acid groups (broad SMARTS) is 1. The molecule has 0 aliphatic carbocycles. The lowest BCUT2D eigenvalue weighted by atomic mass is 9.98. The van der Waals surface area contributed by atoms with Crippen LogP contribution in [0, 0.1) is 5.92 Å². The lowest BCUT2D eigenvalue weighted by Crippen LogP contribution is -2.57. The van der Waals surface area contributed by atoms with Gasteiger partial charge in [0, 0.05) is 25.0 Å². The average Bonchev–Trinajstić information content (AvgIpc) is 2.46. The van der Waals surface area contributed by atoms with E-state index in [4.69, 9.17) is 0 Å². The predicted octanol–water partition coefficient (Wildman–Crippen LogP) is 2.30. The second-order valence-corrected chi connectivity index (χ2v) is 6.04. The monoisotopic (exact) mass is 306 g/mol. The van der Waals surface area contributed by atoms with Crippen LogP contribution in [-0.2, 0) is 4.79 Å². The van der Waals surface area contributed by atoms with E-state index in [9.17, 15) is 19.8 Å². The fraction of sp³-hybridized carbons (Fsp3) is 0.500. The Kier molecular flexibility index (Phi) is 4.59. The summed E-state index contributed by atoms with van der Waals surface area (Å²) in [5.74, 6) is -0.0328. The van der Waals surface area contributed by atoms with Crippen molar-refractivity contribution >= 4 is 12.0 Å². The molecule has 120 valence electrons. The van der Waals surface area contributed by atoms with Crippen molar-refractivity contribution in [3.63, 3.8) is 0 Å². The van der Waals surface area contributed by atoms with Crippen molar-refractivity contribution in [1.82, 2.24) is 9.80 Å². The van der Waals surface area contributed by atoms with Gasteiger partial charge >= 0.3 is 6.09 Å². The zero-order chi connectivity index (χ0) is 16.4. The Hall–Kier alpha value is -2.24. The van der Waals surface area contributed by atoms with E-state index in [0.717, 1.165) is 0 Å². The van der Waals surface area contributed by atoms with Crippen LogP contribution >= 0.6 is 0 Å². The lowest BCUT2D eigenvalue weighted by molar-refractivity contribution is -0.140. The molecule has 2 rings (SSSR count). The van der Waals surface area contributed by atoms with E-state index in [-0.39, 0.29) is 30.2 Å². The minimum atomic E-state index is -1.02. The van der Waals surface area contributed by atoms with E-state index in [1.165, 1.54) is 11.0 Å². The van der Waals surface area contributed by atoms with Crippen molar-refractivity contribution in [3.05, 3.63) is 29.8 Å². The van der Waals surface area contributed by atoms with Crippen LogP contribution in [0.15, 0.2) is 24.3 Å². The fourth-order valence-electron chi connectivity index (χ4n) is 2.84. The van der Waals surface area contributed by atoms with Crippen LogP contribution in [0.1, 0.15) is 32.4 Å². The van der Waals surface area contributed by atoms with E-state index < -0.39 is 12.1 Å². The second-order valence-electron chi connectivity index (χ2n) is 6.04. The number of benzene rings is 1. The highest BCUT2D eigenvalue weighted by molar-refractivity contribution is 5.79. The third-order valence-electron chi connectivity index (χ3n) is 4.02. The molecule has 22 heavy (non-hydrogen) atoms. The number of phenols is 1. The smallest absolute Gasteiger partial charge is 0.407 e. The summed E-state index contributed by atoms with van der Waals surface area (Å²) in [4.78, 5) is 26.9. The van der Waals surface area contributed by atoms with Gasteiger partial charge in [0.25, 0.3) is 0 Å². The molecule has 1 aliphatic heterocycles. The molecule has 6 nitrogen and oxygen atoms in total. The number of carbonyl (C=O) groups excluding carboxylic acids is 1. The van der Waals surface area contributed by atoms with Crippen LogP contribution in [0.25, 0.3) is 0 Å². The summed E-state index contributed by atoms with van der Waals surface area (Å²) < 4.78 is 0. The molecule has 1 heterocycles. The molecule has 0 radical (unpaired) electrons. The molecule has 0 bridgehead atoms. The molecular weight excluding hydrogens is 284 g/mol. The molecule has 1 aliphatic rings. The van der Waals surface area contributed by atoms with Crippen molar-refractivity contribution in [2.45, 2.75) is 32.9 Å². The highest BCUT2D eigenvalue weighted by atomic mass is 16.4. The fourth-order valence-corrected chi connectivity index (χ4v) is 2.84. The quantitative estimate of drug-likeness (QED) is 0.878. The Morgan fingerprint density at radius 2 is 1.91 bits per heavy atom. The minimum Gasteiger partial charge on any atom is -0.508 e. The summed E-state index contributed by atoms with van der Waals surface area (Å²) in [5, 5.41) is 19.1. The Balaban J connectivity index is 2.34. The van der Waals surface area contributed by atoms with Gasteiger partial charge in [0.15, 0.2) is 0 Å². The molecule has 6 heteroatoms. The Bertz CT molecular complexity index is 573. The summed E-state index contributed by atoms with van der Waals surface area (Å²) in [6, 6.07) is 5.90. The van der Waals surface area contributed by atoms with E-state index in [0.29, 0.717) is 12.1 Å². The minimum absolute atomic E-state index is 0.0164. The van der Waals surface area contributed by atoms with Crippen LogP contribution in [0.5, 0.6) is 5.75 Å². The second kappa shape index (κ2) is 6.25. The molecule has 0 spiro atoms. The average molecular weight is 306 g/mol. The number of amides is 2. The number of hydrogen-bond acceptors (Lipinski definition) is 3. The third kappa shape index (κ3) is 3.16. The van der Waals surface area contributed by atoms with Gasteiger partial charge in [0.2, 0.25) is 5.91 Å². The van der Waals surface area contributed by atoms with Crippen LogP contribution in [-0.4, -0.2) is 51.1 Å². The van der Waals surface area contributed by atoms with Crippen molar-refractivity contribution in [3.8, 4) is 5.75 Å². The number of hydrogen-bond donors (Lipinski definition) is 2. The van der Waals surface area contributed by atoms with Crippen molar-refractivity contribution in [2.75, 3.05) is 13.1 Å². The van der Waals surface area contributed by atoms with Crippen molar-refractivity contribution in [1.29, 1.82) is 0 Å². The van der Waals surface area contributed by atoms with Gasteiger partial charge in [-0.1, -0.05) is 26.0 Å². The highest BCUT2D eigenvalue weighted by Crippen LogP contribution is 2.30. The zero-order valence-electron chi connectivity index (χ0n) is 13.1. The molecule has 0 saturated carbocycles. The highest BCUT2D eigenvalue weighted by Gasteiger charge is 2.38. The molecule has 2 N–H and O–H groups in total. The van der Waals surface area contributed by atoms with E-state index in [1.54, 1.807) is 23.1 Å². The molecule has 0 unspecified atom stereocenters. The normalized spacial score (nSPS) is 22.0. The number of piperazine rings is 1. The first-order chi connectivity index (χ1) is 10.3. The summed E-state index contributed by atoms with van der Waals surface area (Å²) in [6.45, 7) is 6.08. The first kappa shape index (κ1) is 16.1. The molecule has 1 aromatic carbocycles. The van der Waals surface area contributed by atoms with Gasteiger partial charge < -0.3 is 15.1 Å². The maximum atomic E-state index is 12.3. The number of carbonyl (C=O) groups is 2. The number of nitrogens with zero attached hydrogens (tertiary/aromatic N) is 2. The third-order valence-corrected chi connectivity index (χ3v) is 4.02. The van der Waals surface area contributed by atoms with E-state index in [2.05, 4.69) is 0 Å². The van der Waals surface area contributed by atoms with Crippen LogP contribution in [0.4, 0.5) is 4.79 Å². The van der Waals surface area contributed by atoms with Crippen molar-refractivity contribution in [2.24, 2.45) is 5.92 Å². The van der Waals surface area contributed by atoms with Gasteiger partial charge in [-0.15, -0.1) is 0 Å². The Morgan fingerprint density at radius 1 is 1.23 bits per heavy atom. The van der Waals surface area contributed by atoms with Gasteiger partial charge in [-0.05, 0) is 24.6 Å². The van der Waals surface area contributed by atoms with Gasteiger partial charge in [0.1, 0.15) is 5.75 Å². The van der Waals surface area contributed by atoms with Crippen LogP contribution < -0.4 is 0 Å². The van der Waals surface area contributed by atoms with Crippen LogP contribution in [0.2, 0.25) is 0 Å². The summed E-state index contributed by atoms with van der Waals surface area (Å²) in [6.07, 6.45) is -1.02. The Labute approximate surface area is 130 Å². The first-order valence-electron chi connectivity index (χ1n) is 7.40. The molecule has 2 atom stereocenters. The SMILES string of the molecule is CC(C)C(=O)N1C[C@H](c2cccc(O)c2)N(C(=O)O)C[C@H]1C. The molecule has 2 amide bonds. The number of aromatic hydroxyl groups is 1. The zero-order valence-corrected chi connectivity index (χ0v) is 13.1. The molecule has 0 aromatic heterocycles. The van der Waals surface area contributed by atoms with Gasteiger partial charge in [-0.3, -0.25) is 9.69 Å². The summed E-state index contributed by atoms with van der Waals surface area (Å²) in [5.41, 5.74) is 0.691. The summed E-state index contributed by atoms with van der Waals surface area (Å²) >= 11 is 0. The van der Waals surface area contributed by atoms with Gasteiger partial charge in [-0.2, -0.15) is 0 Å². The first-order valence-corrected chi connectivity index (χ1v) is 7.40. The van der Waals surface area contributed by atoms with Gasteiger partial charge in [-0.25, -0.2) is 4.79 Å². The maximum absolute atomic E-state index is 12.3. The molecule has 1 fully saturated rings. The number of rotatable bonds is 2. The Morgan fingerprint density at radius 3 is 2.45 bits per heavy atom. The predicted molar refractivity (Wildman–Crippen MR) is 81.6 cm³/mol. The van der Waals surface area contributed by atoms with Gasteiger partial charge in [0.05, 0.1) is 6.04 Å². The standard InChI is InChI=1S/C16H22N2O4/c1-10(2)15(20)17-9-14(12-5-4-6-13(19)7-12)18(16(21)22)8-11(17)3/h4-7,10-11,14,19H,8-9H2,1-3H3,(H,21,22)/t11-,14-/m1/s1. The lowest BCUT2D eigenvalue weighted by Gasteiger charge is -2.44. The maximum Gasteiger partial charge on any atom is 0.407 e. The van der Waals surface area contributed by atoms with Crippen LogP contribution in [0.3, 0.4) is 0 Å².